The van der Waals surface area contributed by atoms with E-state index >= 15 is 0 Å². The fraction of sp³-hybridized carbons (Fsp3) is 0.909. The Balaban J connectivity index is 3.39. The quantitative estimate of drug-likeness (QED) is 0.161. The van der Waals surface area contributed by atoms with Crippen LogP contribution in [0, 0.1) is 0 Å². The molecule has 0 saturated carbocycles. The predicted molar refractivity (Wildman–Crippen MR) is 114 cm³/mol. The third-order valence-corrected chi connectivity index (χ3v) is 7.19. The van der Waals surface area contributed by atoms with Gasteiger partial charge in [-0.3, -0.25) is 0 Å². The second-order valence-electron chi connectivity index (χ2n) is 7.51. The highest BCUT2D eigenvalue weighted by Crippen LogP contribution is 2.14. The number of hydrogen-bond donors (Lipinski definition) is 0. The van der Waals surface area contributed by atoms with Crippen LogP contribution in [0.1, 0.15) is 110 Å². The maximum atomic E-state index is 6.05. The lowest BCUT2D eigenvalue weighted by atomic mass is 10.1. The highest BCUT2D eigenvalue weighted by molar-refractivity contribution is 6.71. The summed E-state index contributed by atoms with van der Waals surface area (Å²) in [6.45, 7) is 12.2. The van der Waals surface area contributed by atoms with Crippen LogP contribution in [0.3, 0.4) is 0 Å². The van der Waals surface area contributed by atoms with Gasteiger partial charge in [0.2, 0.25) is 0 Å². The van der Waals surface area contributed by atoms with Gasteiger partial charge in [-0.15, -0.1) is 6.58 Å². The fourth-order valence-corrected chi connectivity index (χ4v) is 4.42. The monoisotopic (exact) mass is 370 g/mol. The first kappa shape index (κ1) is 24.9. The van der Waals surface area contributed by atoms with Gasteiger partial charge in [0.25, 0.3) is 0 Å². The van der Waals surface area contributed by atoms with E-state index in [1.807, 2.05) is 5.70 Å². The Morgan fingerprint density at radius 2 is 0.920 bits per heavy atom. The van der Waals surface area contributed by atoms with Gasteiger partial charge in [0.1, 0.15) is 0 Å². The SMILES string of the molecule is C=C[Si](C)(OCCCCC)OCCCCCCCCCCCCCC. The molecular formula is C22H46O2Si. The Labute approximate surface area is 160 Å². The molecule has 0 aliphatic rings. The zero-order valence-corrected chi connectivity index (χ0v) is 18.6. The minimum atomic E-state index is -2.11. The number of unbranched alkanes of at least 4 members (excludes halogenated alkanes) is 13. The summed E-state index contributed by atoms with van der Waals surface area (Å²) in [7, 11) is -2.11. The molecule has 0 aliphatic carbocycles. The molecular weight excluding hydrogens is 324 g/mol. The van der Waals surface area contributed by atoms with Crippen molar-refractivity contribution >= 4 is 8.56 Å². The first-order valence-corrected chi connectivity index (χ1v) is 13.5. The smallest absolute Gasteiger partial charge is 0.361 e. The maximum absolute atomic E-state index is 6.05. The zero-order chi connectivity index (χ0) is 18.6. The average Bonchev–Trinajstić information content (AvgIpc) is 2.63. The van der Waals surface area contributed by atoms with Crippen molar-refractivity contribution in [1.29, 1.82) is 0 Å². The Hall–Kier alpha value is -0.123. The topological polar surface area (TPSA) is 18.5 Å². The second kappa shape index (κ2) is 18.7. The average molecular weight is 371 g/mol. The highest BCUT2D eigenvalue weighted by Gasteiger charge is 2.26. The van der Waals surface area contributed by atoms with Crippen LogP contribution in [0.25, 0.3) is 0 Å². The molecule has 0 fully saturated rings. The predicted octanol–water partition coefficient (Wildman–Crippen LogP) is 7.71. The summed E-state index contributed by atoms with van der Waals surface area (Å²) >= 11 is 0. The minimum absolute atomic E-state index is 0.820. The molecule has 1 unspecified atom stereocenters. The summed E-state index contributed by atoms with van der Waals surface area (Å²) in [6, 6.07) is 0. The van der Waals surface area contributed by atoms with E-state index in [-0.39, 0.29) is 0 Å². The largest absolute Gasteiger partial charge is 0.391 e. The molecule has 0 radical (unpaired) electrons. The van der Waals surface area contributed by atoms with Crippen LogP contribution in [-0.2, 0) is 8.85 Å². The molecule has 0 aromatic rings. The molecule has 2 nitrogen and oxygen atoms in total. The Morgan fingerprint density at radius 3 is 1.32 bits per heavy atom. The van der Waals surface area contributed by atoms with E-state index in [0.717, 1.165) is 26.1 Å². The molecule has 0 rings (SSSR count). The lowest BCUT2D eigenvalue weighted by molar-refractivity contribution is 0.178. The molecule has 25 heavy (non-hydrogen) atoms. The van der Waals surface area contributed by atoms with E-state index in [0.29, 0.717) is 0 Å². The van der Waals surface area contributed by atoms with Crippen molar-refractivity contribution in [1.82, 2.24) is 0 Å². The van der Waals surface area contributed by atoms with E-state index in [1.165, 1.54) is 83.5 Å². The molecule has 0 bridgehead atoms. The van der Waals surface area contributed by atoms with Gasteiger partial charge < -0.3 is 8.85 Å². The third-order valence-electron chi connectivity index (χ3n) is 4.89. The summed E-state index contributed by atoms with van der Waals surface area (Å²) in [5.41, 5.74) is 1.93. The Kier molecular flexibility index (Phi) is 18.6. The third kappa shape index (κ3) is 17.1. The molecule has 0 saturated heterocycles. The van der Waals surface area contributed by atoms with Gasteiger partial charge in [-0.2, -0.15) is 0 Å². The van der Waals surface area contributed by atoms with Gasteiger partial charge in [0.05, 0.1) is 0 Å². The van der Waals surface area contributed by atoms with E-state index in [9.17, 15) is 0 Å². The Morgan fingerprint density at radius 1 is 0.600 bits per heavy atom. The summed E-state index contributed by atoms with van der Waals surface area (Å²) in [5, 5.41) is 0. The van der Waals surface area contributed by atoms with Crippen molar-refractivity contribution in [2.45, 2.75) is 117 Å². The van der Waals surface area contributed by atoms with Crippen molar-refractivity contribution in [3.8, 4) is 0 Å². The van der Waals surface area contributed by atoms with Gasteiger partial charge in [0, 0.05) is 13.2 Å². The summed E-state index contributed by atoms with van der Waals surface area (Å²) in [5.74, 6) is 0. The van der Waals surface area contributed by atoms with Crippen LogP contribution < -0.4 is 0 Å². The standard InChI is InChI=1S/C22H46O2Si/c1-5-8-10-11-12-13-14-15-16-17-18-20-22-24-25(4,7-3)23-21-19-9-6-2/h7H,3,5-6,8-22H2,1-2,4H3. The van der Waals surface area contributed by atoms with Crippen LogP contribution >= 0.6 is 0 Å². The molecule has 0 aromatic carbocycles. The van der Waals surface area contributed by atoms with E-state index in [4.69, 9.17) is 8.85 Å². The van der Waals surface area contributed by atoms with Crippen LogP contribution in [-0.4, -0.2) is 21.8 Å². The lowest BCUT2D eigenvalue weighted by Crippen LogP contribution is -2.37. The van der Waals surface area contributed by atoms with E-state index < -0.39 is 8.56 Å². The number of hydrogen-bond acceptors (Lipinski definition) is 2. The second-order valence-corrected chi connectivity index (χ2v) is 10.5. The first-order chi connectivity index (χ1) is 12.2. The lowest BCUT2D eigenvalue weighted by Gasteiger charge is -2.23. The highest BCUT2D eigenvalue weighted by atomic mass is 28.4. The van der Waals surface area contributed by atoms with Crippen LogP contribution in [0.4, 0.5) is 0 Å². The normalized spacial score (nSPS) is 13.7. The fourth-order valence-electron chi connectivity index (χ4n) is 3.00. The molecule has 0 heterocycles. The summed E-state index contributed by atoms with van der Waals surface area (Å²) in [4.78, 5) is 0. The van der Waals surface area contributed by atoms with Gasteiger partial charge in [0.15, 0.2) is 0 Å². The molecule has 0 aromatic heterocycles. The molecule has 0 spiro atoms. The van der Waals surface area contributed by atoms with Gasteiger partial charge in [-0.25, -0.2) is 0 Å². The molecule has 0 amide bonds. The van der Waals surface area contributed by atoms with Crippen molar-refractivity contribution in [3.05, 3.63) is 12.3 Å². The van der Waals surface area contributed by atoms with E-state index in [2.05, 4.69) is 27.0 Å². The summed E-state index contributed by atoms with van der Waals surface area (Å²) in [6.07, 6.45) is 20.1. The number of rotatable bonds is 20. The van der Waals surface area contributed by atoms with Crippen molar-refractivity contribution in [2.75, 3.05) is 13.2 Å². The maximum Gasteiger partial charge on any atom is 0.361 e. The van der Waals surface area contributed by atoms with Crippen LogP contribution in [0.2, 0.25) is 6.55 Å². The molecule has 0 aliphatic heterocycles. The van der Waals surface area contributed by atoms with Crippen molar-refractivity contribution in [2.24, 2.45) is 0 Å². The zero-order valence-electron chi connectivity index (χ0n) is 17.6. The summed E-state index contributed by atoms with van der Waals surface area (Å²) < 4.78 is 12.0. The van der Waals surface area contributed by atoms with Crippen molar-refractivity contribution < 1.29 is 8.85 Å². The molecule has 0 N–H and O–H groups in total. The molecule has 150 valence electrons. The molecule has 3 heteroatoms. The van der Waals surface area contributed by atoms with Gasteiger partial charge in [-0.05, 0) is 25.1 Å². The van der Waals surface area contributed by atoms with Crippen LogP contribution in [0.5, 0.6) is 0 Å². The van der Waals surface area contributed by atoms with Crippen molar-refractivity contribution in [3.63, 3.8) is 0 Å². The first-order valence-electron chi connectivity index (χ1n) is 11.1. The molecule has 1 atom stereocenters. The van der Waals surface area contributed by atoms with Gasteiger partial charge >= 0.3 is 8.56 Å². The van der Waals surface area contributed by atoms with Gasteiger partial charge in [-0.1, -0.05) is 97.3 Å². The van der Waals surface area contributed by atoms with E-state index in [1.54, 1.807) is 0 Å². The Bertz CT molecular complexity index is 283. The van der Waals surface area contributed by atoms with Crippen LogP contribution in [0.15, 0.2) is 12.3 Å². The minimum Gasteiger partial charge on any atom is -0.391 e.